The van der Waals surface area contributed by atoms with E-state index in [1.54, 1.807) is 6.07 Å². The van der Waals surface area contributed by atoms with Crippen molar-refractivity contribution in [3.8, 4) is 5.75 Å². The Hall–Kier alpha value is -4.96. The van der Waals surface area contributed by atoms with E-state index in [2.05, 4.69) is 15.4 Å². The number of imide groups is 2. The monoisotopic (exact) mass is 561 g/mol. The standard InChI is InChI=1S/C29H24ClN3O7/c1-16-4-8-21(12-17(16)2)31-25(34)15-40-24-11-7-20(30)13-19(24)14-23-26(35)32-29(38)33(27(23)36)22-9-5-18(6-10-22)28(37)39-3/h4-14H,15H2,1-3H3,(H,31,34)(H,32,35,38)/b23-14-. The Kier molecular flexibility index (Phi) is 8.30. The molecule has 3 aromatic carbocycles. The van der Waals surface area contributed by atoms with Crippen molar-refractivity contribution in [2.24, 2.45) is 0 Å². The number of esters is 1. The number of urea groups is 1. The van der Waals surface area contributed by atoms with Gasteiger partial charge in [0.15, 0.2) is 6.61 Å². The highest BCUT2D eigenvalue weighted by molar-refractivity contribution is 6.39. The zero-order valence-corrected chi connectivity index (χ0v) is 22.5. The molecular weight excluding hydrogens is 538 g/mol. The van der Waals surface area contributed by atoms with E-state index in [1.165, 1.54) is 55.7 Å². The first-order valence-electron chi connectivity index (χ1n) is 12.0. The van der Waals surface area contributed by atoms with E-state index in [1.807, 2.05) is 26.0 Å². The predicted octanol–water partition coefficient (Wildman–Crippen LogP) is 4.43. The van der Waals surface area contributed by atoms with Crippen LogP contribution in [-0.4, -0.2) is 43.4 Å². The van der Waals surface area contributed by atoms with Crippen LogP contribution in [0, 0.1) is 13.8 Å². The van der Waals surface area contributed by atoms with E-state index < -0.39 is 29.7 Å². The first kappa shape index (κ1) is 28.1. The second-order valence-electron chi connectivity index (χ2n) is 8.81. The van der Waals surface area contributed by atoms with Gasteiger partial charge in [-0.1, -0.05) is 17.7 Å². The first-order valence-corrected chi connectivity index (χ1v) is 12.3. The van der Waals surface area contributed by atoms with Crippen molar-refractivity contribution in [3.63, 3.8) is 0 Å². The van der Waals surface area contributed by atoms with Crippen LogP contribution in [0.3, 0.4) is 0 Å². The van der Waals surface area contributed by atoms with Crippen molar-refractivity contribution in [2.45, 2.75) is 13.8 Å². The zero-order chi connectivity index (χ0) is 29.0. The van der Waals surface area contributed by atoms with Crippen LogP contribution in [0.4, 0.5) is 16.2 Å². The minimum Gasteiger partial charge on any atom is -0.483 e. The number of halogens is 1. The third-order valence-electron chi connectivity index (χ3n) is 6.07. The maximum Gasteiger partial charge on any atom is 0.337 e. The fourth-order valence-corrected chi connectivity index (χ4v) is 4.02. The van der Waals surface area contributed by atoms with Crippen LogP contribution < -0.4 is 20.3 Å². The average Bonchev–Trinajstić information content (AvgIpc) is 2.92. The molecule has 1 aliphatic rings. The van der Waals surface area contributed by atoms with Gasteiger partial charge < -0.3 is 14.8 Å². The number of anilines is 2. The van der Waals surface area contributed by atoms with Crippen LogP contribution in [0.2, 0.25) is 5.02 Å². The number of ether oxygens (including phenoxy) is 2. The summed E-state index contributed by atoms with van der Waals surface area (Å²) in [6, 6.07) is 14.6. The van der Waals surface area contributed by atoms with Crippen LogP contribution in [0.5, 0.6) is 5.75 Å². The van der Waals surface area contributed by atoms with Gasteiger partial charge in [0, 0.05) is 16.3 Å². The average molecular weight is 562 g/mol. The smallest absolute Gasteiger partial charge is 0.337 e. The predicted molar refractivity (Wildman–Crippen MR) is 148 cm³/mol. The maximum atomic E-state index is 13.3. The Labute approximate surface area is 234 Å². The summed E-state index contributed by atoms with van der Waals surface area (Å²) in [5.74, 6) is -2.66. The number of barbiturate groups is 1. The molecule has 2 N–H and O–H groups in total. The number of methoxy groups -OCH3 is 1. The lowest BCUT2D eigenvalue weighted by Gasteiger charge is -2.26. The molecule has 0 aromatic heterocycles. The number of nitrogens with zero attached hydrogens (tertiary/aromatic N) is 1. The molecule has 1 heterocycles. The molecule has 1 fully saturated rings. The molecule has 5 amide bonds. The molecule has 0 unspecified atom stereocenters. The highest BCUT2D eigenvalue weighted by atomic mass is 35.5. The molecule has 0 bridgehead atoms. The summed E-state index contributed by atoms with van der Waals surface area (Å²) in [7, 11) is 1.23. The number of benzene rings is 3. The second kappa shape index (κ2) is 11.8. The SMILES string of the molecule is COC(=O)c1ccc(N2C(=O)NC(=O)/C(=C/c3cc(Cl)ccc3OCC(=O)Nc3ccc(C)c(C)c3)C2=O)cc1. The van der Waals surface area contributed by atoms with E-state index in [0.29, 0.717) is 5.69 Å². The van der Waals surface area contributed by atoms with Crippen molar-refractivity contribution < 1.29 is 33.4 Å². The zero-order valence-electron chi connectivity index (χ0n) is 21.7. The largest absolute Gasteiger partial charge is 0.483 e. The highest BCUT2D eigenvalue weighted by Gasteiger charge is 2.37. The fourth-order valence-electron chi connectivity index (χ4n) is 3.83. The Bertz CT molecular complexity index is 1560. The van der Waals surface area contributed by atoms with E-state index in [9.17, 15) is 24.0 Å². The summed E-state index contributed by atoms with van der Waals surface area (Å²) in [5, 5.41) is 5.17. The third kappa shape index (κ3) is 6.19. The number of rotatable bonds is 7. The number of nitrogens with one attached hydrogen (secondary N) is 2. The Balaban J connectivity index is 1.56. The molecule has 1 aliphatic heterocycles. The molecule has 0 atom stereocenters. The van der Waals surface area contributed by atoms with Crippen LogP contribution in [0.1, 0.15) is 27.0 Å². The van der Waals surface area contributed by atoms with E-state index in [4.69, 9.17) is 16.3 Å². The minimum atomic E-state index is -0.955. The van der Waals surface area contributed by atoms with Gasteiger partial charge in [0.25, 0.3) is 17.7 Å². The lowest BCUT2D eigenvalue weighted by Crippen LogP contribution is -2.54. The topological polar surface area (TPSA) is 131 Å². The molecule has 10 nitrogen and oxygen atoms in total. The van der Waals surface area contributed by atoms with E-state index in [-0.39, 0.29) is 39.8 Å². The first-order chi connectivity index (χ1) is 19.1. The Morgan fingerprint density at radius 2 is 1.70 bits per heavy atom. The molecule has 4 rings (SSSR count). The third-order valence-corrected chi connectivity index (χ3v) is 6.30. The second-order valence-corrected chi connectivity index (χ2v) is 9.25. The van der Waals surface area contributed by atoms with E-state index in [0.717, 1.165) is 16.0 Å². The summed E-state index contributed by atoms with van der Waals surface area (Å²) in [6.45, 7) is 3.54. The van der Waals surface area contributed by atoms with Crippen LogP contribution in [0.25, 0.3) is 6.08 Å². The number of carbonyl (C=O) groups excluding carboxylic acids is 5. The molecule has 204 valence electrons. The minimum absolute atomic E-state index is 0.124. The summed E-state index contributed by atoms with van der Waals surface area (Å²) < 4.78 is 10.3. The summed E-state index contributed by atoms with van der Waals surface area (Å²) in [4.78, 5) is 63.5. The van der Waals surface area contributed by atoms with Crippen molar-refractivity contribution in [1.29, 1.82) is 0 Å². The van der Waals surface area contributed by atoms with Gasteiger partial charge in [-0.3, -0.25) is 19.7 Å². The summed E-state index contributed by atoms with van der Waals surface area (Å²) in [5.41, 5.74) is 2.93. The summed E-state index contributed by atoms with van der Waals surface area (Å²) in [6.07, 6.45) is 1.22. The Morgan fingerprint density at radius 1 is 0.975 bits per heavy atom. The molecule has 0 spiro atoms. The van der Waals surface area contributed by atoms with Gasteiger partial charge in [-0.2, -0.15) is 0 Å². The highest BCUT2D eigenvalue weighted by Crippen LogP contribution is 2.28. The molecule has 40 heavy (non-hydrogen) atoms. The number of amides is 5. The molecular formula is C29H24ClN3O7. The van der Waals surface area contributed by atoms with Crippen LogP contribution in [0.15, 0.2) is 66.2 Å². The van der Waals surface area contributed by atoms with Gasteiger partial charge in [-0.05, 0) is 85.6 Å². The van der Waals surface area contributed by atoms with Gasteiger partial charge in [0.2, 0.25) is 0 Å². The van der Waals surface area contributed by atoms with Crippen molar-refractivity contribution in [2.75, 3.05) is 23.9 Å². The van der Waals surface area contributed by atoms with Crippen molar-refractivity contribution in [1.82, 2.24) is 5.32 Å². The number of hydrogen-bond donors (Lipinski definition) is 2. The lowest BCUT2D eigenvalue weighted by molar-refractivity contribution is -0.122. The number of aryl methyl sites for hydroxylation is 2. The van der Waals surface area contributed by atoms with Crippen molar-refractivity contribution in [3.05, 3.63) is 93.5 Å². The number of carbonyl (C=O) groups is 5. The quantitative estimate of drug-likeness (QED) is 0.248. The molecule has 3 aromatic rings. The molecule has 1 saturated heterocycles. The van der Waals surface area contributed by atoms with Crippen LogP contribution in [-0.2, 0) is 19.1 Å². The maximum absolute atomic E-state index is 13.3. The Morgan fingerprint density at radius 3 is 2.38 bits per heavy atom. The molecule has 0 radical (unpaired) electrons. The van der Waals surface area contributed by atoms with Gasteiger partial charge in [0.1, 0.15) is 11.3 Å². The molecule has 11 heteroatoms. The van der Waals surface area contributed by atoms with Gasteiger partial charge >= 0.3 is 12.0 Å². The molecule has 0 aliphatic carbocycles. The lowest BCUT2D eigenvalue weighted by atomic mass is 10.1. The van der Waals surface area contributed by atoms with Gasteiger partial charge in [-0.15, -0.1) is 0 Å². The molecule has 0 saturated carbocycles. The van der Waals surface area contributed by atoms with Crippen molar-refractivity contribution >= 4 is 58.8 Å². The van der Waals surface area contributed by atoms with Gasteiger partial charge in [-0.25, -0.2) is 14.5 Å². The van der Waals surface area contributed by atoms with E-state index >= 15 is 0 Å². The normalized spacial score (nSPS) is 14.2. The summed E-state index contributed by atoms with van der Waals surface area (Å²) >= 11 is 6.15. The fraction of sp³-hybridized carbons (Fsp3) is 0.138. The number of hydrogen-bond acceptors (Lipinski definition) is 7. The van der Waals surface area contributed by atoms with Gasteiger partial charge in [0.05, 0.1) is 18.4 Å². The van der Waals surface area contributed by atoms with Crippen LogP contribution >= 0.6 is 11.6 Å².